The highest BCUT2D eigenvalue weighted by Crippen LogP contribution is 2.27. The second kappa shape index (κ2) is 7.64. The van der Waals surface area contributed by atoms with Gasteiger partial charge in [0.05, 0.1) is 12.0 Å². The quantitative estimate of drug-likeness (QED) is 0.862. The summed E-state index contributed by atoms with van der Waals surface area (Å²) in [5, 5.41) is 14.5. The number of nitrogens with zero attached hydrogens (tertiary/aromatic N) is 1. The van der Waals surface area contributed by atoms with Gasteiger partial charge in [-0.15, -0.1) is 0 Å². The number of aliphatic hydroxyl groups is 1. The number of nitrogens with one attached hydrogen (secondary N) is 1. The van der Waals surface area contributed by atoms with Crippen LogP contribution in [0.3, 0.4) is 0 Å². The molecule has 4 nitrogen and oxygen atoms in total. The van der Waals surface area contributed by atoms with Crippen molar-refractivity contribution >= 4 is 29.1 Å². The number of hydrogen-bond donors (Lipinski definition) is 2. The van der Waals surface area contributed by atoms with Gasteiger partial charge in [0, 0.05) is 30.2 Å². The van der Waals surface area contributed by atoms with Crippen molar-refractivity contribution in [3.05, 3.63) is 33.8 Å². The maximum Gasteiger partial charge on any atom is 0.222 e. The van der Waals surface area contributed by atoms with Crippen LogP contribution in [-0.4, -0.2) is 48.2 Å². The van der Waals surface area contributed by atoms with Crippen LogP contribution >= 0.6 is 23.2 Å². The zero-order valence-electron chi connectivity index (χ0n) is 12.7. The van der Waals surface area contributed by atoms with Crippen LogP contribution in [0, 0.1) is 0 Å². The minimum Gasteiger partial charge on any atom is -0.388 e. The molecule has 22 heavy (non-hydrogen) atoms. The molecule has 1 aliphatic rings. The normalized spacial score (nSPS) is 22.5. The summed E-state index contributed by atoms with van der Waals surface area (Å²) < 4.78 is 0. The molecule has 0 aromatic heterocycles. The predicted molar refractivity (Wildman–Crippen MR) is 89.5 cm³/mol. The van der Waals surface area contributed by atoms with Crippen molar-refractivity contribution in [1.82, 2.24) is 10.2 Å². The molecule has 2 N–H and O–H groups in total. The van der Waals surface area contributed by atoms with Gasteiger partial charge in [0.1, 0.15) is 0 Å². The van der Waals surface area contributed by atoms with E-state index in [0.29, 0.717) is 23.0 Å². The van der Waals surface area contributed by atoms with Gasteiger partial charge in [0.25, 0.3) is 0 Å². The first-order valence-corrected chi connectivity index (χ1v) is 8.27. The second-order valence-corrected chi connectivity index (χ2v) is 6.72. The van der Waals surface area contributed by atoms with Gasteiger partial charge in [-0.05, 0) is 43.5 Å². The van der Waals surface area contributed by atoms with Crippen molar-refractivity contribution in [2.45, 2.75) is 31.3 Å². The third kappa shape index (κ3) is 4.59. The summed E-state index contributed by atoms with van der Waals surface area (Å²) in [6, 6.07) is 5.50. The molecule has 0 bridgehead atoms. The first-order chi connectivity index (χ1) is 10.4. The number of halogens is 2. The molecule has 6 heteroatoms. The van der Waals surface area contributed by atoms with Gasteiger partial charge in [-0.3, -0.25) is 4.79 Å². The average molecular weight is 345 g/mol. The molecule has 1 saturated heterocycles. The van der Waals surface area contributed by atoms with Crippen molar-refractivity contribution in [1.29, 1.82) is 0 Å². The van der Waals surface area contributed by atoms with Gasteiger partial charge in [-0.25, -0.2) is 0 Å². The Labute approximate surface area is 141 Å². The van der Waals surface area contributed by atoms with Crippen molar-refractivity contribution < 1.29 is 9.90 Å². The number of benzene rings is 1. The molecular weight excluding hydrogens is 323 g/mol. The maximum absolute atomic E-state index is 11.5. The fourth-order valence-electron chi connectivity index (χ4n) is 2.97. The molecule has 1 unspecified atom stereocenters. The molecule has 1 aromatic rings. The van der Waals surface area contributed by atoms with Crippen LogP contribution in [0.5, 0.6) is 0 Å². The first kappa shape index (κ1) is 17.5. The van der Waals surface area contributed by atoms with Gasteiger partial charge < -0.3 is 15.3 Å². The van der Waals surface area contributed by atoms with Crippen LogP contribution in [0.25, 0.3) is 0 Å². The molecule has 1 aromatic carbocycles. The summed E-state index contributed by atoms with van der Waals surface area (Å²) in [5.41, 5.74) is -0.00550. The lowest BCUT2D eigenvalue weighted by Gasteiger charge is -2.39. The molecule has 2 rings (SSSR count). The van der Waals surface area contributed by atoms with Crippen molar-refractivity contribution in [3.63, 3.8) is 0 Å². The van der Waals surface area contributed by atoms with Crippen LogP contribution in [0.2, 0.25) is 10.0 Å². The van der Waals surface area contributed by atoms with Gasteiger partial charge >= 0.3 is 0 Å². The van der Waals surface area contributed by atoms with Gasteiger partial charge in [0.2, 0.25) is 5.91 Å². The summed E-state index contributed by atoms with van der Waals surface area (Å²) in [6.07, 6.45) is 2.41. The molecule has 0 saturated carbocycles. The molecule has 0 radical (unpaired) electrons. The molecule has 1 aliphatic heterocycles. The van der Waals surface area contributed by atoms with E-state index in [-0.39, 0.29) is 12.3 Å². The summed E-state index contributed by atoms with van der Waals surface area (Å²) in [7, 11) is 1.59. The molecule has 1 fully saturated rings. The van der Waals surface area contributed by atoms with E-state index in [4.69, 9.17) is 23.2 Å². The molecule has 1 atom stereocenters. The monoisotopic (exact) mass is 344 g/mol. The summed E-state index contributed by atoms with van der Waals surface area (Å²) >= 11 is 12.4. The summed E-state index contributed by atoms with van der Waals surface area (Å²) in [4.78, 5) is 13.7. The van der Waals surface area contributed by atoms with E-state index >= 15 is 0 Å². The van der Waals surface area contributed by atoms with Crippen molar-refractivity contribution in [2.75, 3.05) is 26.7 Å². The Kier molecular flexibility index (Phi) is 6.09. The van der Waals surface area contributed by atoms with Crippen LogP contribution in [0.4, 0.5) is 0 Å². The van der Waals surface area contributed by atoms with Crippen LogP contribution < -0.4 is 5.32 Å². The van der Waals surface area contributed by atoms with Gasteiger partial charge in [-0.2, -0.15) is 0 Å². The molecule has 0 spiro atoms. The third-order valence-electron chi connectivity index (χ3n) is 4.14. The Morgan fingerprint density at radius 3 is 2.73 bits per heavy atom. The van der Waals surface area contributed by atoms with E-state index in [2.05, 4.69) is 10.2 Å². The van der Waals surface area contributed by atoms with E-state index in [1.165, 1.54) is 0 Å². The minimum absolute atomic E-state index is 0.126. The number of piperidine rings is 1. The largest absolute Gasteiger partial charge is 0.388 e. The number of rotatable bonds is 5. The second-order valence-electron chi connectivity index (χ2n) is 5.90. The van der Waals surface area contributed by atoms with E-state index in [0.717, 1.165) is 31.5 Å². The standard InChI is InChI=1S/C16H22Cl2N2O2/c1-19-15(21)10-16(22)7-3-8-20(11-16)9-6-12-13(17)4-2-5-14(12)18/h2,4-5,22H,3,6-11H2,1H3,(H,19,21). The smallest absolute Gasteiger partial charge is 0.222 e. The first-order valence-electron chi connectivity index (χ1n) is 7.52. The molecular formula is C16H22Cl2N2O2. The number of amides is 1. The number of likely N-dealkylation sites (tertiary alicyclic amines) is 1. The number of carbonyl (C=O) groups is 1. The van der Waals surface area contributed by atoms with Crippen molar-refractivity contribution in [3.8, 4) is 0 Å². The van der Waals surface area contributed by atoms with Gasteiger partial charge in [0.15, 0.2) is 0 Å². The lowest BCUT2D eigenvalue weighted by molar-refractivity contribution is -0.128. The zero-order chi connectivity index (χ0) is 16.2. The van der Waals surface area contributed by atoms with Crippen LogP contribution in [0.15, 0.2) is 18.2 Å². The molecule has 1 amide bonds. The Morgan fingerprint density at radius 1 is 1.41 bits per heavy atom. The minimum atomic E-state index is -0.942. The maximum atomic E-state index is 11.5. The fraction of sp³-hybridized carbons (Fsp3) is 0.562. The van der Waals surface area contributed by atoms with Crippen molar-refractivity contribution in [2.24, 2.45) is 0 Å². The Morgan fingerprint density at radius 2 is 2.09 bits per heavy atom. The predicted octanol–water partition coefficient (Wildman–Crippen LogP) is 2.50. The molecule has 1 heterocycles. The SMILES string of the molecule is CNC(=O)CC1(O)CCCN(CCc2c(Cl)cccc2Cl)C1. The highest BCUT2D eigenvalue weighted by Gasteiger charge is 2.34. The highest BCUT2D eigenvalue weighted by molar-refractivity contribution is 6.35. The highest BCUT2D eigenvalue weighted by atomic mass is 35.5. The number of β-amino-alcohol motifs (C(OH)–C–C–N with tert-alkyl or cyclic N) is 1. The number of carbonyl (C=O) groups excluding carboxylic acids is 1. The average Bonchev–Trinajstić information content (AvgIpc) is 2.46. The molecule has 0 aliphatic carbocycles. The lowest BCUT2D eigenvalue weighted by Crippen LogP contribution is -2.50. The van der Waals surface area contributed by atoms with E-state index in [1.54, 1.807) is 7.05 Å². The van der Waals surface area contributed by atoms with Gasteiger partial charge in [-0.1, -0.05) is 29.3 Å². The third-order valence-corrected chi connectivity index (χ3v) is 4.85. The lowest BCUT2D eigenvalue weighted by atomic mass is 9.89. The molecule has 122 valence electrons. The van der Waals surface area contributed by atoms with E-state index in [1.807, 2.05) is 18.2 Å². The Balaban J connectivity index is 1.94. The summed E-state index contributed by atoms with van der Waals surface area (Å²) in [5.74, 6) is -0.126. The van der Waals surface area contributed by atoms with E-state index < -0.39 is 5.60 Å². The zero-order valence-corrected chi connectivity index (χ0v) is 14.3. The topological polar surface area (TPSA) is 52.6 Å². The van der Waals surface area contributed by atoms with Crippen LogP contribution in [0.1, 0.15) is 24.8 Å². The summed E-state index contributed by atoms with van der Waals surface area (Å²) in [6.45, 7) is 2.18. The van der Waals surface area contributed by atoms with E-state index in [9.17, 15) is 9.90 Å². The Hall–Kier alpha value is -0.810. The Bertz CT molecular complexity index is 519. The van der Waals surface area contributed by atoms with Crippen LogP contribution in [-0.2, 0) is 11.2 Å². The fourth-order valence-corrected chi connectivity index (χ4v) is 3.56. The number of hydrogen-bond acceptors (Lipinski definition) is 3.